The topological polar surface area (TPSA) is 52.3 Å². The Labute approximate surface area is 143 Å². The third-order valence-corrected chi connectivity index (χ3v) is 5.44. The van der Waals surface area contributed by atoms with Gasteiger partial charge in [-0.15, -0.1) is 5.10 Å². The van der Waals surface area contributed by atoms with Crippen LogP contribution in [0.5, 0.6) is 0 Å². The van der Waals surface area contributed by atoms with Crippen LogP contribution in [0.1, 0.15) is 17.2 Å². The van der Waals surface area contributed by atoms with E-state index in [1.807, 2.05) is 35.0 Å². The molecule has 0 bridgehead atoms. The molecule has 2 aliphatic rings. The van der Waals surface area contributed by atoms with Crippen molar-refractivity contribution in [3.05, 3.63) is 65.7 Å². The minimum absolute atomic E-state index is 0.0856. The summed E-state index contributed by atoms with van der Waals surface area (Å²) in [7, 11) is 0. The van der Waals surface area contributed by atoms with Gasteiger partial charge in [0, 0.05) is 5.56 Å². The largest absolute Gasteiger partial charge is 0.384 e. The number of aromatic nitrogens is 3. The smallest absolute Gasteiger partial charge is 0.193 e. The summed E-state index contributed by atoms with van der Waals surface area (Å²) in [6, 6.07) is 18.4. The first-order valence-corrected chi connectivity index (χ1v) is 8.67. The van der Waals surface area contributed by atoms with Crippen LogP contribution in [0, 0.1) is 6.92 Å². The summed E-state index contributed by atoms with van der Waals surface area (Å²) in [5.41, 5.74) is 3.36. The molecule has 0 fully saturated rings. The zero-order chi connectivity index (χ0) is 16.1. The Kier molecular flexibility index (Phi) is 2.99. The second-order valence-corrected chi connectivity index (χ2v) is 7.03. The number of rotatable bonds is 2. The number of nitrogens with zero attached hydrogens (tertiary/aromatic N) is 4. The molecule has 2 unspecified atom stereocenters. The number of aryl methyl sites for hydroxylation is 1. The monoisotopic (exact) mass is 334 g/mol. The van der Waals surface area contributed by atoms with Crippen molar-refractivity contribution in [1.82, 2.24) is 14.8 Å². The lowest BCUT2D eigenvalue weighted by atomic mass is 10.1. The third-order valence-electron chi connectivity index (χ3n) is 4.25. The third kappa shape index (κ3) is 2.06. The maximum Gasteiger partial charge on any atom is 0.193 e. The van der Waals surface area contributed by atoms with E-state index >= 15 is 0 Å². The fourth-order valence-electron chi connectivity index (χ4n) is 2.97. The van der Waals surface area contributed by atoms with Gasteiger partial charge in [-0.3, -0.25) is 0 Å². The summed E-state index contributed by atoms with van der Waals surface area (Å²) in [6.45, 7) is 2.07. The molecule has 2 aliphatic heterocycles. The number of hydrogen-bond acceptors (Lipinski definition) is 5. The van der Waals surface area contributed by atoms with Gasteiger partial charge in [0.1, 0.15) is 5.25 Å². The quantitative estimate of drug-likeness (QED) is 0.718. The van der Waals surface area contributed by atoms with E-state index in [1.165, 1.54) is 5.56 Å². The normalized spacial score (nSPS) is 21.1. The molecule has 0 aliphatic carbocycles. The second-order valence-electron chi connectivity index (χ2n) is 5.92. The lowest BCUT2D eigenvalue weighted by molar-refractivity contribution is 0.0881. The van der Waals surface area contributed by atoms with Crippen LogP contribution in [-0.2, 0) is 4.84 Å². The summed E-state index contributed by atoms with van der Waals surface area (Å²) >= 11 is 1.66. The van der Waals surface area contributed by atoms with Gasteiger partial charge in [0.05, 0.1) is 0 Å². The highest BCUT2D eigenvalue weighted by Gasteiger charge is 2.44. The molecule has 3 heterocycles. The summed E-state index contributed by atoms with van der Waals surface area (Å²) in [5.74, 6) is 1.55. The zero-order valence-electron chi connectivity index (χ0n) is 13.0. The number of thioether (sulfide) groups is 1. The Bertz CT molecular complexity index is 933. The molecule has 5 nitrogen and oxygen atoms in total. The number of hydrogen-bond donors (Lipinski definition) is 0. The summed E-state index contributed by atoms with van der Waals surface area (Å²) in [5, 5.41) is 9.89. The molecule has 0 amide bonds. The molecule has 0 saturated carbocycles. The van der Waals surface area contributed by atoms with Crippen molar-refractivity contribution >= 4 is 17.6 Å². The molecule has 5 rings (SSSR count). The molecular weight excluding hydrogens is 320 g/mol. The predicted octanol–water partition coefficient (Wildman–Crippen LogP) is 3.66. The van der Waals surface area contributed by atoms with Gasteiger partial charge in [0.15, 0.2) is 22.9 Å². The van der Waals surface area contributed by atoms with Gasteiger partial charge in [-0.1, -0.05) is 77.1 Å². The molecule has 6 heteroatoms. The minimum atomic E-state index is -0.0856. The molecule has 2 aromatic carbocycles. The van der Waals surface area contributed by atoms with Crippen LogP contribution >= 0.6 is 11.8 Å². The first-order valence-electron chi connectivity index (χ1n) is 7.79. The fourth-order valence-corrected chi connectivity index (χ4v) is 4.15. The van der Waals surface area contributed by atoms with Crippen molar-refractivity contribution in [3.8, 4) is 11.4 Å². The van der Waals surface area contributed by atoms with Crippen molar-refractivity contribution in [2.45, 2.75) is 23.4 Å². The van der Waals surface area contributed by atoms with Gasteiger partial charge < -0.3 is 4.84 Å². The molecule has 0 saturated heterocycles. The Morgan fingerprint density at radius 1 is 1.04 bits per heavy atom. The van der Waals surface area contributed by atoms with E-state index in [0.717, 1.165) is 27.9 Å². The lowest BCUT2D eigenvalue weighted by Gasteiger charge is -2.13. The Balaban J connectivity index is 1.47. The van der Waals surface area contributed by atoms with Crippen molar-refractivity contribution in [3.63, 3.8) is 0 Å². The van der Waals surface area contributed by atoms with Crippen molar-refractivity contribution in [2.24, 2.45) is 5.16 Å². The number of benzene rings is 2. The van der Waals surface area contributed by atoms with Crippen molar-refractivity contribution < 1.29 is 4.84 Å². The maximum atomic E-state index is 5.67. The lowest BCUT2D eigenvalue weighted by Crippen LogP contribution is -2.21. The molecule has 24 heavy (non-hydrogen) atoms. The Morgan fingerprint density at radius 3 is 2.62 bits per heavy atom. The van der Waals surface area contributed by atoms with Crippen LogP contribution < -0.4 is 0 Å². The van der Waals surface area contributed by atoms with Gasteiger partial charge in [-0.2, -0.15) is 4.68 Å². The van der Waals surface area contributed by atoms with Crippen LogP contribution in [0.3, 0.4) is 0 Å². The standard InChI is InChI=1S/C18H14N4OS/c1-11-7-9-13(10-8-11)16-19-18-22(20-16)17-15(24-18)14(23-21-17)12-5-3-2-4-6-12/h2-10,14-15H,1H3. The molecule has 0 N–H and O–H groups in total. The van der Waals surface area contributed by atoms with Crippen LogP contribution in [-0.4, -0.2) is 25.9 Å². The highest BCUT2D eigenvalue weighted by atomic mass is 32.2. The van der Waals surface area contributed by atoms with E-state index in [-0.39, 0.29) is 11.4 Å². The summed E-state index contributed by atoms with van der Waals surface area (Å²) < 4.78 is 1.81. The maximum absolute atomic E-state index is 5.67. The van der Waals surface area contributed by atoms with Gasteiger partial charge in [0.25, 0.3) is 0 Å². The molecular formula is C18H14N4OS. The molecule has 3 aromatic rings. The van der Waals surface area contributed by atoms with Crippen LogP contribution in [0.25, 0.3) is 11.4 Å². The average molecular weight is 334 g/mol. The number of oxime groups is 1. The molecule has 0 spiro atoms. The van der Waals surface area contributed by atoms with Gasteiger partial charge in [-0.05, 0) is 12.5 Å². The van der Waals surface area contributed by atoms with Crippen LogP contribution in [0.2, 0.25) is 0 Å². The van der Waals surface area contributed by atoms with Crippen LogP contribution in [0.15, 0.2) is 64.9 Å². The highest BCUT2D eigenvalue weighted by molar-refractivity contribution is 8.01. The molecule has 118 valence electrons. The van der Waals surface area contributed by atoms with E-state index in [0.29, 0.717) is 0 Å². The predicted molar refractivity (Wildman–Crippen MR) is 92.9 cm³/mol. The summed E-state index contributed by atoms with van der Waals surface area (Å²) in [4.78, 5) is 10.4. The van der Waals surface area contributed by atoms with E-state index in [4.69, 9.17) is 4.84 Å². The molecule has 2 atom stereocenters. The van der Waals surface area contributed by atoms with E-state index in [9.17, 15) is 0 Å². The van der Waals surface area contributed by atoms with Crippen LogP contribution in [0.4, 0.5) is 0 Å². The van der Waals surface area contributed by atoms with Crippen molar-refractivity contribution in [2.75, 3.05) is 0 Å². The highest BCUT2D eigenvalue weighted by Crippen LogP contribution is 2.44. The summed E-state index contributed by atoms with van der Waals surface area (Å²) in [6.07, 6.45) is -0.0856. The van der Waals surface area contributed by atoms with Crippen molar-refractivity contribution in [1.29, 1.82) is 0 Å². The number of fused-ring (bicyclic) bond motifs is 3. The van der Waals surface area contributed by atoms with Gasteiger partial charge in [0.2, 0.25) is 0 Å². The Hall–Kier alpha value is -2.60. The molecule has 1 aromatic heterocycles. The second kappa shape index (κ2) is 5.21. The zero-order valence-corrected chi connectivity index (χ0v) is 13.8. The SMILES string of the molecule is Cc1ccc(-c2nc3n(n2)C2=NOC(c4ccccc4)C2S3)cc1. The van der Waals surface area contributed by atoms with Gasteiger partial charge in [-0.25, -0.2) is 4.98 Å². The fraction of sp³-hybridized carbons (Fsp3) is 0.167. The van der Waals surface area contributed by atoms with E-state index in [2.05, 4.69) is 46.4 Å². The molecule has 0 radical (unpaired) electrons. The average Bonchev–Trinajstić information content (AvgIpc) is 3.27. The van der Waals surface area contributed by atoms with E-state index < -0.39 is 0 Å². The minimum Gasteiger partial charge on any atom is -0.384 e. The first kappa shape index (κ1) is 13.8. The van der Waals surface area contributed by atoms with E-state index in [1.54, 1.807) is 11.8 Å². The van der Waals surface area contributed by atoms with Gasteiger partial charge >= 0.3 is 0 Å². The first-order chi connectivity index (χ1) is 11.8. The Morgan fingerprint density at radius 2 is 1.83 bits per heavy atom.